The number of hydrogen-bond acceptors (Lipinski definition) is 5. The van der Waals surface area contributed by atoms with Gasteiger partial charge in [0.25, 0.3) is 0 Å². The summed E-state index contributed by atoms with van der Waals surface area (Å²) in [6, 6.07) is 6.44. The minimum atomic E-state index is 0.0922. The lowest BCUT2D eigenvalue weighted by molar-refractivity contribution is -0.00492. The van der Waals surface area contributed by atoms with Gasteiger partial charge in [-0.1, -0.05) is 11.3 Å². The molecule has 0 aromatic carbocycles. The molecule has 0 spiro atoms. The number of morpholine rings is 1. The minimum Gasteiger partial charge on any atom is -0.379 e. The molecule has 0 unspecified atom stereocenters. The van der Waals surface area contributed by atoms with Crippen LogP contribution in [0.1, 0.15) is 31.3 Å². The van der Waals surface area contributed by atoms with E-state index in [0.717, 1.165) is 37.7 Å². The summed E-state index contributed by atoms with van der Waals surface area (Å²) < 4.78 is 7.34. The van der Waals surface area contributed by atoms with Crippen molar-refractivity contribution in [2.45, 2.75) is 32.5 Å². The van der Waals surface area contributed by atoms with Gasteiger partial charge < -0.3 is 4.74 Å². The van der Waals surface area contributed by atoms with Crippen molar-refractivity contribution in [1.82, 2.24) is 24.9 Å². The van der Waals surface area contributed by atoms with E-state index >= 15 is 0 Å². The van der Waals surface area contributed by atoms with Crippen molar-refractivity contribution in [3.63, 3.8) is 0 Å². The van der Waals surface area contributed by atoms with Crippen LogP contribution in [0.3, 0.4) is 0 Å². The minimum absolute atomic E-state index is 0.0922. The first-order valence-corrected chi connectivity index (χ1v) is 7.37. The number of rotatable bonds is 4. The molecule has 1 saturated heterocycles. The highest BCUT2D eigenvalue weighted by atomic mass is 16.5. The van der Waals surface area contributed by atoms with Crippen LogP contribution in [-0.2, 0) is 11.3 Å². The van der Waals surface area contributed by atoms with Crippen LogP contribution in [0, 0.1) is 0 Å². The first-order chi connectivity index (χ1) is 10.2. The molecular formula is C15H21N5O. The van der Waals surface area contributed by atoms with E-state index in [1.165, 1.54) is 0 Å². The Hall–Kier alpha value is -1.79. The summed E-state index contributed by atoms with van der Waals surface area (Å²) >= 11 is 0. The van der Waals surface area contributed by atoms with Crippen molar-refractivity contribution in [3.8, 4) is 0 Å². The third-order valence-corrected chi connectivity index (χ3v) is 3.94. The maximum Gasteiger partial charge on any atom is 0.0967 e. The van der Waals surface area contributed by atoms with Gasteiger partial charge in [0.1, 0.15) is 0 Å². The van der Waals surface area contributed by atoms with Crippen molar-refractivity contribution in [1.29, 1.82) is 0 Å². The van der Waals surface area contributed by atoms with Crippen LogP contribution in [0.2, 0.25) is 0 Å². The average molecular weight is 287 g/mol. The lowest BCUT2D eigenvalue weighted by atomic mass is 10.2. The Labute approximate surface area is 124 Å². The molecule has 1 aliphatic rings. The van der Waals surface area contributed by atoms with Crippen molar-refractivity contribution in [2.24, 2.45) is 0 Å². The second kappa shape index (κ2) is 6.32. The summed E-state index contributed by atoms with van der Waals surface area (Å²) in [5, 5.41) is 8.55. The van der Waals surface area contributed by atoms with E-state index in [1.807, 2.05) is 29.1 Å². The largest absolute Gasteiger partial charge is 0.379 e. The van der Waals surface area contributed by atoms with Crippen LogP contribution >= 0.6 is 0 Å². The second-order valence-corrected chi connectivity index (χ2v) is 5.51. The van der Waals surface area contributed by atoms with Crippen LogP contribution in [0.15, 0.2) is 30.6 Å². The zero-order chi connectivity index (χ0) is 14.7. The van der Waals surface area contributed by atoms with E-state index in [4.69, 9.17) is 4.74 Å². The molecule has 2 aromatic rings. The lowest BCUT2D eigenvalue weighted by Crippen LogP contribution is -2.42. The molecule has 2 atom stereocenters. The van der Waals surface area contributed by atoms with Gasteiger partial charge in [-0.05, 0) is 26.0 Å². The SMILES string of the molecule is C[C@@H]1COCCN1Cc1cn([C@H](C)c2ccccn2)nn1. The second-order valence-electron chi connectivity index (χ2n) is 5.51. The first kappa shape index (κ1) is 14.2. The Morgan fingerprint density at radius 2 is 2.33 bits per heavy atom. The molecule has 2 aromatic heterocycles. The normalized spacial score (nSPS) is 21.3. The van der Waals surface area contributed by atoms with Crippen LogP contribution < -0.4 is 0 Å². The molecule has 3 heterocycles. The highest BCUT2D eigenvalue weighted by Crippen LogP contribution is 2.15. The number of pyridine rings is 1. The summed E-state index contributed by atoms with van der Waals surface area (Å²) in [7, 11) is 0. The monoisotopic (exact) mass is 287 g/mol. The molecule has 0 N–H and O–H groups in total. The summed E-state index contributed by atoms with van der Waals surface area (Å²) in [6.07, 6.45) is 3.82. The van der Waals surface area contributed by atoms with Gasteiger partial charge in [0.15, 0.2) is 0 Å². The van der Waals surface area contributed by atoms with E-state index in [-0.39, 0.29) is 6.04 Å². The standard InChI is InChI=1S/C15H21N5O/c1-12-11-21-8-7-19(12)9-14-10-20(18-17-14)13(2)15-5-3-4-6-16-15/h3-6,10,12-13H,7-9,11H2,1-2H3/t12-,13-/m1/s1. The molecule has 1 fully saturated rings. The van der Waals surface area contributed by atoms with Crippen molar-refractivity contribution >= 4 is 0 Å². The lowest BCUT2D eigenvalue weighted by Gasteiger charge is -2.32. The van der Waals surface area contributed by atoms with E-state index in [2.05, 4.69) is 34.0 Å². The Morgan fingerprint density at radius 3 is 3.10 bits per heavy atom. The summed E-state index contributed by atoms with van der Waals surface area (Å²) in [6.45, 7) is 7.61. The quantitative estimate of drug-likeness (QED) is 0.853. The van der Waals surface area contributed by atoms with E-state index in [9.17, 15) is 0 Å². The third kappa shape index (κ3) is 3.28. The Kier molecular flexibility index (Phi) is 4.26. The van der Waals surface area contributed by atoms with Crippen molar-refractivity contribution < 1.29 is 4.74 Å². The molecule has 0 radical (unpaired) electrons. The number of nitrogens with zero attached hydrogens (tertiary/aromatic N) is 5. The van der Waals surface area contributed by atoms with Crippen molar-refractivity contribution in [3.05, 3.63) is 42.0 Å². The molecule has 1 aliphatic heterocycles. The molecule has 6 heteroatoms. The molecule has 0 saturated carbocycles. The summed E-state index contributed by atoms with van der Waals surface area (Å²) in [5.41, 5.74) is 1.99. The highest BCUT2D eigenvalue weighted by Gasteiger charge is 2.20. The van der Waals surface area contributed by atoms with Gasteiger partial charge in [-0.2, -0.15) is 0 Å². The molecule has 6 nitrogen and oxygen atoms in total. The predicted molar refractivity (Wildman–Crippen MR) is 78.8 cm³/mol. The predicted octanol–water partition coefficient (Wildman–Crippen LogP) is 1.50. The fourth-order valence-electron chi connectivity index (χ4n) is 2.54. The van der Waals surface area contributed by atoms with Gasteiger partial charge in [-0.3, -0.25) is 9.88 Å². The van der Waals surface area contributed by atoms with Crippen LogP contribution in [0.25, 0.3) is 0 Å². The van der Waals surface area contributed by atoms with Crippen LogP contribution in [0.5, 0.6) is 0 Å². The summed E-state index contributed by atoms with van der Waals surface area (Å²) in [4.78, 5) is 6.75. The Balaban J connectivity index is 1.68. The van der Waals surface area contributed by atoms with E-state index in [0.29, 0.717) is 6.04 Å². The molecular weight excluding hydrogens is 266 g/mol. The Bertz CT molecular complexity index is 570. The van der Waals surface area contributed by atoms with Gasteiger partial charge in [-0.15, -0.1) is 5.10 Å². The smallest absolute Gasteiger partial charge is 0.0967 e. The highest BCUT2D eigenvalue weighted by molar-refractivity contribution is 5.09. The van der Waals surface area contributed by atoms with Crippen LogP contribution in [-0.4, -0.2) is 50.7 Å². The topological polar surface area (TPSA) is 56.1 Å². The molecule has 0 amide bonds. The average Bonchev–Trinajstić information content (AvgIpc) is 2.98. The molecule has 0 aliphatic carbocycles. The van der Waals surface area contributed by atoms with Gasteiger partial charge >= 0.3 is 0 Å². The fourth-order valence-corrected chi connectivity index (χ4v) is 2.54. The van der Waals surface area contributed by atoms with Gasteiger partial charge in [0.2, 0.25) is 0 Å². The zero-order valence-corrected chi connectivity index (χ0v) is 12.5. The number of ether oxygens (including phenoxy) is 1. The maximum absolute atomic E-state index is 5.46. The van der Waals surface area contributed by atoms with Gasteiger partial charge in [0, 0.05) is 25.3 Å². The molecule has 112 valence electrons. The molecule has 21 heavy (non-hydrogen) atoms. The number of aromatic nitrogens is 4. The maximum atomic E-state index is 5.46. The summed E-state index contributed by atoms with van der Waals surface area (Å²) in [5.74, 6) is 0. The van der Waals surface area contributed by atoms with Crippen molar-refractivity contribution in [2.75, 3.05) is 19.8 Å². The number of hydrogen-bond donors (Lipinski definition) is 0. The van der Waals surface area contributed by atoms with E-state index < -0.39 is 0 Å². The third-order valence-electron chi connectivity index (χ3n) is 3.94. The first-order valence-electron chi connectivity index (χ1n) is 7.37. The molecule has 3 rings (SSSR count). The van der Waals surface area contributed by atoms with E-state index in [1.54, 1.807) is 6.20 Å². The zero-order valence-electron chi connectivity index (χ0n) is 12.5. The van der Waals surface area contributed by atoms with Gasteiger partial charge in [0.05, 0.1) is 36.8 Å². The fraction of sp³-hybridized carbons (Fsp3) is 0.533. The Morgan fingerprint density at radius 1 is 1.43 bits per heavy atom. The molecule has 0 bridgehead atoms. The van der Waals surface area contributed by atoms with Crippen LogP contribution in [0.4, 0.5) is 0 Å². The van der Waals surface area contributed by atoms with Gasteiger partial charge in [-0.25, -0.2) is 4.68 Å².